The minimum atomic E-state index is -3.47. The fraction of sp³-hybridized carbons (Fsp3) is 0.261. The highest BCUT2D eigenvalue weighted by molar-refractivity contribution is 7.89. The van der Waals surface area contributed by atoms with Crippen LogP contribution in [-0.2, 0) is 27.8 Å². The molecule has 2 aromatic heterocycles. The Hall–Kier alpha value is -3.30. The number of pyridine rings is 2. The number of aryl methyl sites for hydroxylation is 1. The summed E-state index contributed by atoms with van der Waals surface area (Å²) >= 11 is 0. The first kappa shape index (κ1) is 21.9. The summed E-state index contributed by atoms with van der Waals surface area (Å²) < 4.78 is 32.9. The minimum Gasteiger partial charge on any atom is -0.485 e. The summed E-state index contributed by atoms with van der Waals surface area (Å²) in [5.74, 6) is 0.638. The number of amides is 1. The molecule has 0 bridgehead atoms. The average Bonchev–Trinajstić information content (AvgIpc) is 3.61. The summed E-state index contributed by atoms with van der Waals surface area (Å²) in [6, 6.07) is 13.9. The number of benzene rings is 1. The molecule has 2 N–H and O–H groups in total. The lowest BCUT2D eigenvalue weighted by molar-refractivity contribution is -0.116. The first-order valence-electron chi connectivity index (χ1n) is 10.4. The van der Waals surface area contributed by atoms with Gasteiger partial charge in [0.2, 0.25) is 15.9 Å². The van der Waals surface area contributed by atoms with E-state index < -0.39 is 10.0 Å². The standard InChI is InChI=1S/C23H24N4O4S/c28-22(10-5-17-3-8-20(9-4-17)32(29,30)27-19-6-7-19)26-23-21(2-1-13-25-23)31-16-18-11-14-24-15-12-18/h1-4,8-9,11-15,19,27H,5-7,10,16H2,(H,25,26,28). The maximum absolute atomic E-state index is 12.4. The Morgan fingerprint density at radius 1 is 1.00 bits per heavy atom. The van der Waals surface area contributed by atoms with Gasteiger partial charge in [-0.15, -0.1) is 0 Å². The molecule has 2 heterocycles. The molecule has 1 saturated carbocycles. The fourth-order valence-electron chi connectivity index (χ4n) is 3.02. The molecule has 3 aromatic rings. The van der Waals surface area contributed by atoms with Crippen LogP contribution in [0.2, 0.25) is 0 Å². The molecule has 4 rings (SSSR count). The highest BCUT2D eigenvalue weighted by Crippen LogP contribution is 2.23. The fourth-order valence-corrected chi connectivity index (χ4v) is 4.32. The lowest BCUT2D eigenvalue weighted by atomic mass is 10.1. The summed E-state index contributed by atoms with van der Waals surface area (Å²) in [5, 5.41) is 2.79. The number of hydrogen-bond acceptors (Lipinski definition) is 6. The van der Waals surface area contributed by atoms with Crippen LogP contribution in [0.5, 0.6) is 5.75 Å². The zero-order valence-corrected chi connectivity index (χ0v) is 18.2. The van der Waals surface area contributed by atoms with Gasteiger partial charge in [0.25, 0.3) is 0 Å². The summed E-state index contributed by atoms with van der Waals surface area (Å²) in [6.07, 6.45) is 7.45. The van der Waals surface area contributed by atoms with Gasteiger partial charge in [-0.3, -0.25) is 9.78 Å². The van der Waals surface area contributed by atoms with Crippen molar-refractivity contribution in [2.45, 2.75) is 43.2 Å². The van der Waals surface area contributed by atoms with Crippen LogP contribution in [-0.4, -0.2) is 30.3 Å². The van der Waals surface area contributed by atoms with Crippen LogP contribution in [0, 0.1) is 0 Å². The van der Waals surface area contributed by atoms with Gasteiger partial charge in [-0.1, -0.05) is 12.1 Å². The monoisotopic (exact) mass is 452 g/mol. The maximum Gasteiger partial charge on any atom is 0.240 e. The van der Waals surface area contributed by atoms with E-state index in [1.807, 2.05) is 12.1 Å². The van der Waals surface area contributed by atoms with Crippen molar-refractivity contribution in [2.24, 2.45) is 0 Å². The molecular formula is C23H24N4O4S. The molecule has 0 radical (unpaired) electrons. The zero-order chi connectivity index (χ0) is 22.4. The van der Waals surface area contributed by atoms with Gasteiger partial charge in [0.1, 0.15) is 6.61 Å². The molecule has 1 aromatic carbocycles. The van der Waals surface area contributed by atoms with Crippen molar-refractivity contribution >= 4 is 21.7 Å². The van der Waals surface area contributed by atoms with Crippen molar-refractivity contribution in [3.63, 3.8) is 0 Å². The minimum absolute atomic E-state index is 0.0635. The van der Waals surface area contributed by atoms with Crippen molar-refractivity contribution in [3.05, 3.63) is 78.2 Å². The first-order chi connectivity index (χ1) is 15.5. The van der Waals surface area contributed by atoms with Crippen LogP contribution in [0.25, 0.3) is 0 Å². The summed E-state index contributed by atoms with van der Waals surface area (Å²) in [4.78, 5) is 20.9. The number of nitrogens with one attached hydrogen (secondary N) is 2. The Morgan fingerprint density at radius 2 is 1.75 bits per heavy atom. The molecular weight excluding hydrogens is 428 g/mol. The molecule has 166 valence electrons. The molecule has 1 aliphatic rings. The summed E-state index contributed by atoms with van der Waals surface area (Å²) in [7, 11) is -3.47. The van der Waals surface area contributed by atoms with Crippen molar-refractivity contribution in [1.82, 2.24) is 14.7 Å². The Kier molecular flexibility index (Phi) is 6.77. The van der Waals surface area contributed by atoms with E-state index in [0.717, 1.165) is 24.0 Å². The number of ether oxygens (including phenoxy) is 1. The molecule has 1 amide bonds. The number of rotatable bonds is 10. The van der Waals surface area contributed by atoms with E-state index in [2.05, 4.69) is 20.0 Å². The van der Waals surface area contributed by atoms with Gasteiger partial charge in [-0.05, 0) is 66.8 Å². The molecule has 0 unspecified atom stereocenters. The average molecular weight is 453 g/mol. The predicted octanol–water partition coefficient (Wildman–Crippen LogP) is 3.07. The third-order valence-corrected chi connectivity index (χ3v) is 6.48. The number of sulfonamides is 1. The summed E-state index contributed by atoms with van der Waals surface area (Å²) in [6.45, 7) is 0.335. The molecule has 32 heavy (non-hydrogen) atoms. The van der Waals surface area contributed by atoms with Gasteiger partial charge in [-0.25, -0.2) is 18.1 Å². The molecule has 1 aliphatic carbocycles. The van der Waals surface area contributed by atoms with Gasteiger partial charge in [0, 0.05) is 31.1 Å². The Labute approximate surface area is 187 Å². The number of hydrogen-bond donors (Lipinski definition) is 2. The lowest BCUT2D eigenvalue weighted by Crippen LogP contribution is -2.25. The van der Waals surface area contributed by atoms with E-state index in [1.165, 1.54) is 0 Å². The van der Waals surface area contributed by atoms with Crippen LogP contribution in [0.1, 0.15) is 30.4 Å². The number of anilines is 1. The molecule has 0 saturated heterocycles. The highest BCUT2D eigenvalue weighted by Gasteiger charge is 2.27. The van der Waals surface area contributed by atoms with Crippen molar-refractivity contribution < 1.29 is 17.9 Å². The Morgan fingerprint density at radius 3 is 2.47 bits per heavy atom. The van der Waals surface area contributed by atoms with E-state index in [9.17, 15) is 13.2 Å². The van der Waals surface area contributed by atoms with Gasteiger partial charge in [-0.2, -0.15) is 0 Å². The van der Waals surface area contributed by atoms with Crippen LogP contribution in [0.4, 0.5) is 5.82 Å². The number of aromatic nitrogens is 2. The van der Waals surface area contributed by atoms with Crippen LogP contribution in [0.3, 0.4) is 0 Å². The van der Waals surface area contributed by atoms with Gasteiger partial charge >= 0.3 is 0 Å². The molecule has 8 nitrogen and oxygen atoms in total. The molecule has 9 heteroatoms. The number of carbonyl (C=O) groups is 1. The Bertz CT molecular complexity index is 1160. The highest BCUT2D eigenvalue weighted by atomic mass is 32.2. The van der Waals surface area contributed by atoms with Crippen molar-refractivity contribution in [2.75, 3.05) is 5.32 Å². The zero-order valence-electron chi connectivity index (χ0n) is 17.4. The van der Waals surface area contributed by atoms with Crippen molar-refractivity contribution in [1.29, 1.82) is 0 Å². The van der Waals surface area contributed by atoms with Gasteiger partial charge in [0.05, 0.1) is 4.90 Å². The largest absolute Gasteiger partial charge is 0.485 e. The maximum atomic E-state index is 12.4. The van der Waals surface area contributed by atoms with Crippen molar-refractivity contribution in [3.8, 4) is 5.75 Å². The van der Waals surface area contributed by atoms with E-state index in [4.69, 9.17) is 4.74 Å². The van der Waals surface area contributed by atoms with Gasteiger partial charge in [0.15, 0.2) is 11.6 Å². The third kappa shape index (κ3) is 6.12. The molecule has 0 spiro atoms. The topological polar surface area (TPSA) is 110 Å². The second kappa shape index (κ2) is 9.88. The summed E-state index contributed by atoms with van der Waals surface area (Å²) in [5.41, 5.74) is 1.83. The van der Waals surface area contributed by atoms with E-state index in [1.54, 1.807) is 55.0 Å². The third-order valence-electron chi connectivity index (χ3n) is 4.95. The normalized spacial score (nSPS) is 13.5. The van der Waals surface area contributed by atoms with E-state index in [-0.39, 0.29) is 23.3 Å². The second-order valence-corrected chi connectivity index (χ2v) is 9.30. The SMILES string of the molecule is O=C(CCc1ccc(S(=O)(=O)NC2CC2)cc1)Nc1ncccc1OCc1ccncc1. The first-order valence-corrected chi connectivity index (χ1v) is 11.9. The smallest absolute Gasteiger partial charge is 0.240 e. The van der Waals surface area contributed by atoms with Crippen LogP contribution < -0.4 is 14.8 Å². The Balaban J connectivity index is 1.30. The number of nitrogens with zero attached hydrogens (tertiary/aromatic N) is 2. The quantitative estimate of drug-likeness (QED) is 0.489. The lowest BCUT2D eigenvalue weighted by Gasteiger charge is -2.11. The number of carbonyl (C=O) groups excluding carboxylic acids is 1. The molecule has 0 atom stereocenters. The predicted molar refractivity (Wildman–Crippen MR) is 120 cm³/mol. The van der Waals surface area contributed by atoms with Crippen LogP contribution in [0.15, 0.2) is 72.0 Å². The van der Waals surface area contributed by atoms with E-state index in [0.29, 0.717) is 24.6 Å². The molecule has 0 aliphatic heterocycles. The van der Waals surface area contributed by atoms with Gasteiger partial charge < -0.3 is 10.1 Å². The van der Waals surface area contributed by atoms with E-state index >= 15 is 0 Å². The second-order valence-electron chi connectivity index (χ2n) is 7.58. The van der Waals surface area contributed by atoms with Crippen LogP contribution >= 0.6 is 0 Å². The molecule has 1 fully saturated rings.